The van der Waals surface area contributed by atoms with Crippen molar-refractivity contribution in [3.8, 4) is 5.75 Å². The van der Waals surface area contributed by atoms with Gasteiger partial charge in [-0.3, -0.25) is 20.9 Å². The third kappa shape index (κ3) is 3.90. The Morgan fingerprint density at radius 2 is 2.00 bits per heavy atom. The van der Waals surface area contributed by atoms with Crippen LogP contribution >= 0.6 is 31.9 Å². The van der Waals surface area contributed by atoms with Crippen LogP contribution in [0.5, 0.6) is 5.75 Å². The Morgan fingerprint density at radius 1 is 1.33 bits per heavy atom. The lowest BCUT2D eigenvalue weighted by Crippen LogP contribution is -2.08. The smallest absolute Gasteiger partial charge is 0.271 e. The lowest BCUT2D eigenvalue weighted by molar-refractivity contribution is -0.385. The van der Waals surface area contributed by atoms with E-state index < -0.39 is 4.92 Å². The lowest BCUT2D eigenvalue weighted by Gasteiger charge is -2.10. The number of anilines is 1. The number of benzene rings is 1. The van der Waals surface area contributed by atoms with Crippen molar-refractivity contribution in [3.63, 3.8) is 0 Å². The first-order valence-corrected chi connectivity index (χ1v) is 7.27. The zero-order valence-electron chi connectivity index (χ0n) is 10.5. The third-order valence-electron chi connectivity index (χ3n) is 2.54. The monoisotopic (exact) mass is 416 g/mol. The van der Waals surface area contributed by atoms with E-state index in [4.69, 9.17) is 10.6 Å². The number of nitrogens with zero attached hydrogens (tertiary/aromatic N) is 2. The second-order valence-corrected chi connectivity index (χ2v) is 5.67. The number of hydrogen-bond donors (Lipinski definition) is 2. The van der Waals surface area contributed by atoms with Crippen molar-refractivity contribution in [2.45, 2.75) is 6.61 Å². The minimum atomic E-state index is -0.475. The van der Waals surface area contributed by atoms with Gasteiger partial charge in [-0.15, -0.1) is 0 Å². The summed E-state index contributed by atoms with van der Waals surface area (Å²) in [5.74, 6) is 5.79. The van der Waals surface area contributed by atoms with E-state index in [0.717, 1.165) is 0 Å². The number of nitrogens with two attached hydrogens (primary N) is 1. The van der Waals surface area contributed by atoms with Crippen molar-refractivity contribution in [1.29, 1.82) is 0 Å². The number of nitrogens with one attached hydrogen (secondary N) is 1. The molecule has 2 aromatic rings. The van der Waals surface area contributed by atoms with Crippen LogP contribution in [0.4, 0.5) is 11.4 Å². The first kappa shape index (κ1) is 15.7. The molecule has 0 fully saturated rings. The van der Waals surface area contributed by atoms with Crippen molar-refractivity contribution in [2.75, 3.05) is 5.43 Å². The normalized spacial score (nSPS) is 10.2. The van der Waals surface area contributed by atoms with Gasteiger partial charge in [0.1, 0.15) is 12.4 Å². The van der Waals surface area contributed by atoms with E-state index >= 15 is 0 Å². The van der Waals surface area contributed by atoms with Crippen LogP contribution in [0.3, 0.4) is 0 Å². The van der Waals surface area contributed by atoms with Gasteiger partial charge in [-0.05, 0) is 44.0 Å². The molecule has 0 aliphatic rings. The van der Waals surface area contributed by atoms with Gasteiger partial charge in [-0.2, -0.15) is 0 Å². The lowest BCUT2D eigenvalue weighted by atomic mass is 10.3. The van der Waals surface area contributed by atoms with Crippen LogP contribution in [0.1, 0.15) is 5.69 Å². The maximum absolute atomic E-state index is 10.8. The highest BCUT2D eigenvalue weighted by atomic mass is 79.9. The average molecular weight is 418 g/mol. The summed E-state index contributed by atoms with van der Waals surface area (Å²) >= 11 is 6.51. The van der Waals surface area contributed by atoms with E-state index in [9.17, 15) is 10.1 Å². The standard InChI is InChI=1S/C12H10Br2N4O3/c13-10-4-9(18(19)20)5-11(14)12(10)21-6-8-3-7(17-15)1-2-16-8/h1-5H,6,15H2,(H,16,17). The van der Waals surface area contributed by atoms with Crippen LogP contribution in [-0.4, -0.2) is 9.91 Å². The van der Waals surface area contributed by atoms with Crippen molar-refractivity contribution >= 4 is 43.2 Å². The van der Waals surface area contributed by atoms with Crippen LogP contribution in [-0.2, 0) is 6.61 Å². The number of halogens is 2. The molecule has 3 N–H and O–H groups in total. The predicted octanol–water partition coefficient (Wildman–Crippen LogP) is 3.38. The Morgan fingerprint density at radius 3 is 2.57 bits per heavy atom. The fourth-order valence-corrected chi connectivity index (χ4v) is 2.97. The van der Waals surface area contributed by atoms with Crippen LogP contribution in [0.25, 0.3) is 0 Å². The highest BCUT2D eigenvalue weighted by molar-refractivity contribution is 9.11. The largest absolute Gasteiger partial charge is 0.485 e. The molecule has 0 radical (unpaired) electrons. The first-order chi connectivity index (χ1) is 10.0. The summed E-state index contributed by atoms with van der Waals surface area (Å²) in [6, 6.07) is 6.23. The van der Waals surface area contributed by atoms with Gasteiger partial charge < -0.3 is 10.2 Å². The number of nitro benzene ring substituents is 1. The van der Waals surface area contributed by atoms with Crippen molar-refractivity contribution in [3.05, 3.63) is 55.2 Å². The van der Waals surface area contributed by atoms with Gasteiger partial charge >= 0.3 is 0 Å². The number of nitrogen functional groups attached to an aromatic ring is 1. The highest BCUT2D eigenvalue weighted by Gasteiger charge is 2.15. The van der Waals surface area contributed by atoms with Gasteiger partial charge in [0.25, 0.3) is 5.69 Å². The predicted molar refractivity (Wildman–Crippen MR) is 84.9 cm³/mol. The Hall–Kier alpha value is -1.71. The summed E-state index contributed by atoms with van der Waals surface area (Å²) < 4.78 is 6.61. The van der Waals surface area contributed by atoms with E-state index in [1.807, 2.05) is 0 Å². The number of ether oxygens (including phenoxy) is 1. The summed E-state index contributed by atoms with van der Waals surface area (Å²) in [5.41, 5.74) is 3.87. The molecule has 0 amide bonds. The van der Waals surface area contributed by atoms with Crippen LogP contribution in [0.15, 0.2) is 39.4 Å². The van der Waals surface area contributed by atoms with Crippen molar-refractivity contribution in [1.82, 2.24) is 4.98 Å². The summed E-state index contributed by atoms with van der Waals surface area (Å²) in [7, 11) is 0. The molecule has 0 aliphatic heterocycles. The second kappa shape index (κ2) is 6.83. The Balaban J connectivity index is 2.18. The molecule has 0 bridgehead atoms. The molecule has 0 atom stereocenters. The molecule has 1 heterocycles. The molecule has 1 aromatic heterocycles. The fraction of sp³-hybridized carbons (Fsp3) is 0.0833. The van der Waals surface area contributed by atoms with Gasteiger partial charge in [-0.1, -0.05) is 0 Å². The Kier molecular flexibility index (Phi) is 5.10. The maximum Gasteiger partial charge on any atom is 0.271 e. The van der Waals surface area contributed by atoms with Gasteiger partial charge in [0.2, 0.25) is 0 Å². The van der Waals surface area contributed by atoms with Gasteiger partial charge in [0, 0.05) is 18.3 Å². The minimum Gasteiger partial charge on any atom is -0.485 e. The molecule has 110 valence electrons. The molecule has 0 aliphatic carbocycles. The topological polar surface area (TPSA) is 103 Å². The number of rotatable bonds is 5. The molecule has 9 heteroatoms. The SMILES string of the molecule is NNc1ccnc(COc2c(Br)cc([N+](=O)[O-])cc2Br)c1. The molecule has 0 spiro atoms. The van der Waals surface area contributed by atoms with Crippen molar-refractivity contribution in [2.24, 2.45) is 5.84 Å². The fourth-order valence-electron chi connectivity index (χ4n) is 1.58. The molecule has 0 unspecified atom stereocenters. The van der Waals surface area contributed by atoms with Crippen LogP contribution < -0.4 is 16.0 Å². The zero-order valence-corrected chi connectivity index (χ0v) is 13.7. The molecule has 7 nitrogen and oxygen atoms in total. The summed E-state index contributed by atoms with van der Waals surface area (Å²) in [4.78, 5) is 14.4. The molecule has 0 saturated heterocycles. The molecular weight excluding hydrogens is 408 g/mol. The first-order valence-electron chi connectivity index (χ1n) is 5.69. The maximum atomic E-state index is 10.8. The molecule has 0 saturated carbocycles. The number of pyridine rings is 1. The molecule has 2 rings (SSSR count). The number of nitro groups is 1. The molecule has 21 heavy (non-hydrogen) atoms. The zero-order chi connectivity index (χ0) is 15.4. The summed E-state index contributed by atoms with van der Waals surface area (Å²) in [5, 5.41) is 10.8. The Bertz CT molecular complexity index is 658. The van der Waals surface area contributed by atoms with E-state index in [1.54, 1.807) is 18.3 Å². The second-order valence-electron chi connectivity index (χ2n) is 3.96. The van der Waals surface area contributed by atoms with Crippen LogP contribution in [0, 0.1) is 10.1 Å². The van der Waals surface area contributed by atoms with Gasteiger partial charge in [0.05, 0.1) is 25.3 Å². The number of hydrogen-bond acceptors (Lipinski definition) is 6. The third-order valence-corrected chi connectivity index (χ3v) is 3.72. The number of hydrazine groups is 1. The van der Waals surface area contributed by atoms with E-state index in [2.05, 4.69) is 42.3 Å². The summed E-state index contributed by atoms with van der Waals surface area (Å²) in [6.45, 7) is 0.199. The quantitative estimate of drug-likeness (QED) is 0.439. The number of aromatic nitrogens is 1. The number of non-ortho nitro benzene ring substituents is 1. The average Bonchev–Trinajstić information content (AvgIpc) is 2.46. The van der Waals surface area contributed by atoms with Crippen LogP contribution in [0.2, 0.25) is 0 Å². The molecular formula is C12H10Br2N4O3. The highest BCUT2D eigenvalue weighted by Crippen LogP contribution is 2.37. The molecule has 1 aromatic carbocycles. The summed E-state index contributed by atoms with van der Waals surface area (Å²) in [6.07, 6.45) is 1.60. The van der Waals surface area contributed by atoms with E-state index in [1.165, 1.54) is 12.1 Å². The Labute approximate surface area is 136 Å². The van der Waals surface area contributed by atoms with E-state index in [-0.39, 0.29) is 12.3 Å². The van der Waals surface area contributed by atoms with E-state index in [0.29, 0.717) is 26.1 Å². The van der Waals surface area contributed by atoms with Gasteiger partial charge in [-0.25, -0.2) is 0 Å². The van der Waals surface area contributed by atoms with Gasteiger partial charge in [0.15, 0.2) is 0 Å². The van der Waals surface area contributed by atoms with Crippen molar-refractivity contribution < 1.29 is 9.66 Å². The minimum absolute atomic E-state index is 0.0337.